The van der Waals surface area contributed by atoms with Crippen LogP contribution in [0, 0.1) is 0 Å². The smallest absolute Gasteiger partial charge is 0.355 e. The van der Waals surface area contributed by atoms with Gasteiger partial charge in [-0.15, -0.1) is 11.3 Å². The highest BCUT2D eigenvalue weighted by molar-refractivity contribution is 7.09. The number of carbonyl (C=O) groups is 2. The van der Waals surface area contributed by atoms with Crippen molar-refractivity contribution in [2.24, 2.45) is 0 Å². The quantitative estimate of drug-likeness (QED) is 0.843. The molecule has 2 rings (SSSR count). The van der Waals surface area contributed by atoms with Crippen molar-refractivity contribution in [2.45, 2.75) is 13.3 Å². The van der Waals surface area contributed by atoms with E-state index < -0.39 is 5.97 Å². The fraction of sp³-hybridized carbons (Fsp3) is 0.182. The summed E-state index contributed by atoms with van der Waals surface area (Å²) in [6.45, 7) is 1.43. The predicted octanol–water partition coefficient (Wildman–Crippen LogP) is 2.23. The number of carboxylic acid groups (broad SMARTS) is 1. The van der Waals surface area contributed by atoms with Crippen LogP contribution in [0.5, 0.6) is 0 Å². The molecule has 0 amide bonds. The van der Waals surface area contributed by atoms with Gasteiger partial charge in [-0.3, -0.25) is 4.79 Å². The van der Waals surface area contributed by atoms with Crippen molar-refractivity contribution in [3.63, 3.8) is 0 Å². The Kier molecular flexibility index (Phi) is 3.06. The zero-order valence-corrected chi connectivity index (χ0v) is 9.78. The van der Waals surface area contributed by atoms with Gasteiger partial charge in [0.15, 0.2) is 17.2 Å². The molecule has 0 atom stereocenters. The van der Waals surface area contributed by atoms with Gasteiger partial charge in [0, 0.05) is 12.3 Å². The van der Waals surface area contributed by atoms with Gasteiger partial charge in [0.2, 0.25) is 0 Å². The lowest BCUT2D eigenvalue weighted by Crippen LogP contribution is -1.96. The van der Waals surface area contributed by atoms with Crippen molar-refractivity contribution in [2.75, 3.05) is 0 Å². The Bertz CT molecular complexity index is 519. The summed E-state index contributed by atoms with van der Waals surface area (Å²) < 4.78 is 5.29. The molecule has 5 nitrogen and oxygen atoms in total. The monoisotopic (exact) mass is 251 g/mol. The summed E-state index contributed by atoms with van der Waals surface area (Å²) in [6.07, 6.45) is 0.394. The lowest BCUT2D eigenvalue weighted by molar-refractivity contribution is 0.0691. The molecule has 1 N–H and O–H groups in total. The molecule has 0 aliphatic heterocycles. The van der Waals surface area contributed by atoms with Gasteiger partial charge in [-0.1, -0.05) is 0 Å². The first-order valence-electron chi connectivity index (χ1n) is 4.83. The molecule has 6 heteroatoms. The molecule has 0 aromatic carbocycles. The zero-order valence-electron chi connectivity index (χ0n) is 8.97. The summed E-state index contributed by atoms with van der Waals surface area (Å²) >= 11 is 1.25. The third-order valence-corrected chi connectivity index (χ3v) is 2.95. The maximum absolute atomic E-state index is 11.0. The summed E-state index contributed by atoms with van der Waals surface area (Å²) in [5.74, 6) is -0.283. The van der Waals surface area contributed by atoms with Gasteiger partial charge in [0.05, 0.1) is 6.42 Å². The number of ketones is 1. The second kappa shape index (κ2) is 4.50. The van der Waals surface area contributed by atoms with E-state index in [1.807, 2.05) is 0 Å². The van der Waals surface area contributed by atoms with Crippen molar-refractivity contribution in [3.05, 3.63) is 39.7 Å². The molecule has 0 bridgehead atoms. The molecular formula is C11H9NO4S. The maximum atomic E-state index is 11.0. The summed E-state index contributed by atoms with van der Waals surface area (Å²) in [5, 5.41) is 10.8. The van der Waals surface area contributed by atoms with E-state index in [1.165, 1.54) is 23.6 Å². The Balaban J connectivity index is 2.13. The van der Waals surface area contributed by atoms with E-state index in [0.29, 0.717) is 22.9 Å². The average Bonchev–Trinajstić information content (AvgIpc) is 2.87. The van der Waals surface area contributed by atoms with E-state index in [-0.39, 0.29) is 11.5 Å². The first-order valence-corrected chi connectivity index (χ1v) is 5.71. The molecule has 88 valence electrons. The van der Waals surface area contributed by atoms with E-state index in [0.717, 1.165) is 0 Å². The van der Waals surface area contributed by atoms with Crippen LogP contribution in [0.4, 0.5) is 0 Å². The van der Waals surface area contributed by atoms with Gasteiger partial charge >= 0.3 is 5.97 Å². The van der Waals surface area contributed by atoms with Crippen LogP contribution in [0.3, 0.4) is 0 Å². The predicted molar refractivity (Wildman–Crippen MR) is 60.6 cm³/mol. The van der Waals surface area contributed by atoms with Crippen LogP contribution in [-0.4, -0.2) is 21.8 Å². The number of thiazole rings is 1. The second-order valence-corrected chi connectivity index (χ2v) is 4.37. The molecule has 0 saturated heterocycles. The lowest BCUT2D eigenvalue weighted by Gasteiger charge is -1.91. The van der Waals surface area contributed by atoms with E-state index >= 15 is 0 Å². The minimum atomic E-state index is -1.05. The number of Topliss-reactive ketones (excluding diaryl/α,β-unsaturated/α-hetero) is 1. The molecule has 0 aliphatic carbocycles. The van der Waals surface area contributed by atoms with Gasteiger partial charge in [-0.2, -0.15) is 0 Å². The van der Waals surface area contributed by atoms with Gasteiger partial charge in [-0.05, 0) is 12.1 Å². The highest BCUT2D eigenvalue weighted by Gasteiger charge is 2.11. The van der Waals surface area contributed by atoms with Crippen molar-refractivity contribution in [1.29, 1.82) is 0 Å². The normalized spacial score (nSPS) is 10.4. The van der Waals surface area contributed by atoms with Crippen LogP contribution in [-0.2, 0) is 6.42 Å². The minimum Gasteiger partial charge on any atom is -0.476 e. The standard InChI is InChI=1S/C11H9NO4S/c1-6(13)9-3-2-7(16-9)4-10-12-8(5-17-10)11(14)15/h2-3,5H,4H2,1H3,(H,14,15). The molecule has 2 aromatic rings. The Morgan fingerprint density at radius 2 is 2.24 bits per heavy atom. The van der Waals surface area contributed by atoms with Crippen molar-refractivity contribution in [1.82, 2.24) is 4.98 Å². The Morgan fingerprint density at radius 1 is 1.47 bits per heavy atom. The molecule has 0 radical (unpaired) electrons. The molecule has 0 fully saturated rings. The summed E-state index contributed by atoms with van der Waals surface area (Å²) in [4.78, 5) is 25.6. The third kappa shape index (κ3) is 2.59. The average molecular weight is 251 g/mol. The number of aromatic nitrogens is 1. The molecule has 2 heterocycles. The van der Waals surface area contributed by atoms with Gasteiger partial charge in [0.1, 0.15) is 10.8 Å². The van der Waals surface area contributed by atoms with E-state index in [9.17, 15) is 9.59 Å². The van der Waals surface area contributed by atoms with Crippen molar-refractivity contribution in [3.8, 4) is 0 Å². The van der Waals surface area contributed by atoms with Gasteiger partial charge in [-0.25, -0.2) is 9.78 Å². The first kappa shape index (κ1) is 11.5. The number of carbonyl (C=O) groups excluding carboxylic acids is 1. The van der Waals surface area contributed by atoms with Gasteiger partial charge < -0.3 is 9.52 Å². The summed E-state index contributed by atoms with van der Waals surface area (Å²) in [7, 11) is 0. The fourth-order valence-electron chi connectivity index (χ4n) is 1.30. The molecule has 17 heavy (non-hydrogen) atoms. The fourth-order valence-corrected chi connectivity index (χ4v) is 2.08. The van der Waals surface area contributed by atoms with Crippen molar-refractivity contribution >= 4 is 23.1 Å². The first-order chi connectivity index (χ1) is 8.06. The van der Waals surface area contributed by atoms with Crippen LogP contribution in [0.15, 0.2) is 21.9 Å². The Hall–Kier alpha value is -1.95. The largest absolute Gasteiger partial charge is 0.476 e. The Morgan fingerprint density at radius 3 is 2.76 bits per heavy atom. The highest BCUT2D eigenvalue weighted by Crippen LogP contribution is 2.17. The topological polar surface area (TPSA) is 80.4 Å². The second-order valence-electron chi connectivity index (χ2n) is 3.43. The minimum absolute atomic E-state index is 0.0309. The number of aromatic carboxylic acids is 1. The number of hydrogen-bond acceptors (Lipinski definition) is 5. The lowest BCUT2D eigenvalue weighted by atomic mass is 10.3. The molecular weight excluding hydrogens is 242 g/mol. The number of nitrogens with zero attached hydrogens (tertiary/aromatic N) is 1. The SMILES string of the molecule is CC(=O)c1ccc(Cc2nc(C(=O)O)cs2)o1. The van der Waals surface area contributed by atoms with Crippen molar-refractivity contribution < 1.29 is 19.1 Å². The number of carboxylic acids is 1. The number of furan rings is 1. The molecule has 0 unspecified atom stereocenters. The summed E-state index contributed by atoms with van der Waals surface area (Å²) in [5.41, 5.74) is 0.0309. The third-order valence-electron chi connectivity index (χ3n) is 2.10. The molecule has 0 saturated carbocycles. The highest BCUT2D eigenvalue weighted by atomic mass is 32.1. The van der Waals surface area contributed by atoms with Gasteiger partial charge in [0.25, 0.3) is 0 Å². The number of rotatable bonds is 4. The number of hydrogen-bond donors (Lipinski definition) is 1. The van der Waals surface area contributed by atoms with Crippen LogP contribution in [0.2, 0.25) is 0 Å². The molecule has 2 aromatic heterocycles. The summed E-state index contributed by atoms with van der Waals surface area (Å²) in [6, 6.07) is 3.29. The van der Waals surface area contributed by atoms with Crippen LogP contribution < -0.4 is 0 Å². The van der Waals surface area contributed by atoms with Crippen LogP contribution in [0.1, 0.15) is 38.7 Å². The van der Waals surface area contributed by atoms with Crippen LogP contribution in [0.25, 0.3) is 0 Å². The molecule has 0 spiro atoms. The van der Waals surface area contributed by atoms with Crippen LogP contribution >= 0.6 is 11.3 Å². The maximum Gasteiger partial charge on any atom is 0.355 e. The zero-order chi connectivity index (χ0) is 12.4. The van der Waals surface area contributed by atoms with E-state index in [1.54, 1.807) is 12.1 Å². The van der Waals surface area contributed by atoms with E-state index in [4.69, 9.17) is 9.52 Å². The Labute approximate surface area is 101 Å². The van der Waals surface area contributed by atoms with E-state index in [2.05, 4.69) is 4.98 Å². The molecule has 0 aliphatic rings.